The number of amides is 2. The Morgan fingerprint density at radius 1 is 1.30 bits per heavy atom. The Balaban J connectivity index is 1.52. The van der Waals surface area contributed by atoms with E-state index in [1.165, 1.54) is 17.4 Å². The maximum absolute atomic E-state index is 12.4. The Kier molecular flexibility index (Phi) is 4.61. The number of benzene rings is 1. The highest BCUT2D eigenvalue weighted by atomic mass is 32.1. The first-order valence-corrected chi connectivity index (χ1v) is 9.66. The van der Waals surface area contributed by atoms with Crippen LogP contribution in [0.3, 0.4) is 0 Å². The number of anilines is 1. The molecule has 1 aliphatic heterocycles. The van der Waals surface area contributed by atoms with Crippen molar-refractivity contribution in [3.05, 3.63) is 45.8 Å². The average molecular weight is 384 g/mol. The van der Waals surface area contributed by atoms with E-state index in [4.69, 9.17) is 15.2 Å². The number of ether oxygens (including phenoxy) is 2. The zero-order valence-corrected chi connectivity index (χ0v) is 15.7. The molecule has 0 saturated heterocycles. The summed E-state index contributed by atoms with van der Waals surface area (Å²) in [5, 5.41) is 3.37. The Morgan fingerprint density at radius 2 is 2.11 bits per heavy atom. The van der Waals surface area contributed by atoms with E-state index in [0.717, 1.165) is 35.3 Å². The second-order valence-corrected chi connectivity index (χ2v) is 7.96. The van der Waals surface area contributed by atoms with E-state index in [9.17, 15) is 9.59 Å². The van der Waals surface area contributed by atoms with E-state index in [2.05, 4.69) is 12.2 Å². The largest absolute Gasteiger partial charge is 0.454 e. The van der Waals surface area contributed by atoms with Crippen molar-refractivity contribution in [3.8, 4) is 11.5 Å². The molecule has 6 nitrogen and oxygen atoms in total. The van der Waals surface area contributed by atoms with Crippen LogP contribution in [0.4, 0.5) is 5.00 Å². The maximum atomic E-state index is 12.4. The fraction of sp³-hybridized carbons (Fsp3) is 0.300. The van der Waals surface area contributed by atoms with Crippen LogP contribution in [0.25, 0.3) is 6.08 Å². The van der Waals surface area contributed by atoms with Crippen LogP contribution in [0, 0.1) is 5.92 Å². The minimum atomic E-state index is -0.489. The first-order chi connectivity index (χ1) is 13.0. The van der Waals surface area contributed by atoms with Crippen molar-refractivity contribution in [3.63, 3.8) is 0 Å². The van der Waals surface area contributed by atoms with Crippen molar-refractivity contribution >= 4 is 34.2 Å². The van der Waals surface area contributed by atoms with Gasteiger partial charge in [0.25, 0.3) is 5.91 Å². The number of nitrogens with two attached hydrogens (primary N) is 1. The van der Waals surface area contributed by atoms with Crippen LogP contribution in [0.2, 0.25) is 0 Å². The van der Waals surface area contributed by atoms with Crippen LogP contribution in [0.15, 0.2) is 24.3 Å². The molecule has 2 aromatic rings. The van der Waals surface area contributed by atoms with Gasteiger partial charge in [-0.05, 0) is 54.5 Å². The highest BCUT2D eigenvalue weighted by Crippen LogP contribution is 2.39. The summed E-state index contributed by atoms with van der Waals surface area (Å²) < 4.78 is 10.6. The van der Waals surface area contributed by atoms with Crippen molar-refractivity contribution in [2.24, 2.45) is 11.7 Å². The molecular formula is C20H20N2O4S. The molecule has 0 fully saturated rings. The second-order valence-electron chi connectivity index (χ2n) is 6.86. The van der Waals surface area contributed by atoms with Crippen LogP contribution >= 0.6 is 11.3 Å². The van der Waals surface area contributed by atoms with Crippen molar-refractivity contribution < 1.29 is 19.1 Å². The molecule has 1 unspecified atom stereocenters. The van der Waals surface area contributed by atoms with Gasteiger partial charge in [-0.1, -0.05) is 13.0 Å². The van der Waals surface area contributed by atoms with Crippen LogP contribution in [0.5, 0.6) is 11.5 Å². The zero-order valence-electron chi connectivity index (χ0n) is 14.9. The molecule has 2 heterocycles. The number of thiophene rings is 1. The highest BCUT2D eigenvalue weighted by molar-refractivity contribution is 7.17. The summed E-state index contributed by atoms with van der Waals surface area (Å²) in [6.45, 7) is 2.40. The van der Waals surface area contributed by atoms with Crippen molar-refractivity contribution in [1.82, 2.24) is 0 Å². The molecule has 2 aliphatic rings. The lowest BCUT2D eigenvalue weighted by molar-refractivity contribution is -0.111. The number of carbonyl (C=O) groups excluding carboxylic acids is 2. The fourth-order valence-corrected chi connectivity index (χ4v) is 4.86. The smallest absolute Gasteiger partial charge is 0.251 e. The van der Waals surface area contributed by atoms with Gasteiger partial charge in [0.1, 0.15) is 5.00 Å². The standard InChI is InChI=1S/C20H20N2O4S/c1-11-2-5-13-16(8-11)27-20(18(13)19(21)24)22-17(23)7-4-12-3-6-14-15(9-12)26-10-25-14/h3-4,6-7,9,11H,2,5,8,10H2,1H3,(H2,21,24)(H,22,23)/b7-4+. The lowest BCUT2D eigenvalue weighted by atomic mass is 9.88. The minimum Gasteiger partial charge on any atom is -0.454 e. The number of hydrogen-bond acceptors (Lipinski definition) is 5. The molecule has 1 aromatic carbocycles. The SMILES string of the molecule is CC1CCc2c(sc(NC(=O)/C=C/c3ccc4c(c3)OCO4)c2C(N)=O)C1. The summed E-state index contributed by atoms with van der Waals surface area (Å²) in [6, 6.07) is 5.46. The number of primary amides is 1. The van der Waals surface area contributed by atoms with E-state index in [1.807, 2.05) is 12.1 Å². The van der Waals surface area contributed by atoms with Crippen LogP contribution in [0.1, 0.15) is 39.7 Å². The summed E-state index contributed by atoms with van der Waals surface area (Å²) >= 11 is 1.46. The van der Waals surface area contributed by atoms with E-state index in [1.54, 1.807) is 12.1 Å². The quantitative estimate of drug-likeness (QED) is 0.791. The summed E-state index contributed by atoms with van der Waals surface area (Å²) in [6.07, 6.45) is 5.90. The summed E-state index contributed by atoms with van der Waals surface area (Å²) in [5.41, 5.74) is 7.87. The van der Waals surface area contributed by atoms with Crippen molar-refractivity contribution in [2.45, 2.75) is 26.2 Å². The normalized spacial score (nSPS) is 17.7. The van der Waals surface area contributed by atoms with Gasteiger partial charge in [-0.15, -0.1) is 11.3 Å². The van der Waals surface area contributed by atoms with Crippen LogP contribution in [-0.2, 0) is 17.6 Å². The predicted octanol–water partition coefficient (Wildman–Crippen LogP) is 3.35. The monoisotopic (exact) mass is 384 g/mol. The van der Waals surface area contributed by atoms with Gasteiger partial charge in [0.2, 0.25) is 12.7 Å². The third kappa shape index (κ3) is 3.55. The molecular weight excluding hydrogens is 364 g/mol. The summed E-state index contributed by atoms with van der Waals surface area (Å²) in [5.74, 6) is 1.14. The van der Waals surface area contributed by atoms with Gasteiger partial charge >= 0.3 is 0 Å². The molecule has 4 rings (SSSR count). The van der Waals surface area contributed by atoms with Crippen LogP contribution < -0.4 is 20.5 Å². The topological polar surface area (TPSA) is 90.7 Å². The number of rotatable bonds is 4. The Morgan fingerprint density at radius 3 is 2.93 bits per heavy atom. The third-order valence-electron chi connectivity index (χ3n) is 4.82. The molecule has 0 saturated carbocycles. The van der Waals surface area contributed by atoms with Gasteiger partial charge < -0.3 is 20.5 Å². The first-order valence-electron chi connectivity index (χ1n) is 8.84. The lowest BCUT2D eigenvalue weighted by Gasteiger charge is -2.18. The van der Waals surface area contributed by atoms with Crippen LogP contribution in [-0.4, -0.2) is 18.6 Å². The van der Waals surface area contributed by atoms with Gasteiger partial charge in [-0.25, -0.2) is 0 Å². The van der Waals surface area contributed by atoms with E-state index in [0.29, 0.717) is 28.0 Å². The maximum Gasteiger partial charge on any atom is 0.251 e. The Bertz CT molecular complexity index is 948. The second kappa shape index (κ2) is 7.08. The molecule has 0 bridgehead atoms. The zero-order chi connectivity index (χ0) is 19.0. The highest BCUT2D eigenvalue weighted by Gasteiger charge is 2.26. The minimum absolute atomic E-state index is 0.209. The van der Waals surface area contributed by atoms with Gasteiger partial charge in [-0.3, -0.25) is 9.59 Å². The van der Waals surface area contributed by atoms with E-state index in [-0.39, 0.29) is 12.7 Å². The van der Waals surface area contributed by atoms with Crippen molar-refractivity contribution in [1.29, 1.82) is 0 Å². The molecule has 0 radical (unpaired) electrons. The van der Waals surface area contributed by atoms with Gasteiger partial charge in [0, 0.05) is 11.0 Å². The van der Waals surface area contributed by atoms with Gasteiger partial charge in [0.05, 0.1) is 5.56 Å². The van der Waals surface area contributed by atoms with E-state index < -0.39 is 5.91 Å². The molecule has 7 heteroatoms. The molecule has 1 atom stereocenters. The molecule has 1 aliphatic carbocycles. The number of nitrogens with one attached hydrogen (secondary N) is 1. The fourth-order valence-electron chi connectivity index (χ4n) is 3.44. The summed E-state index contributed by atoms with van der Waals surface area (Å²) in [4.78, 5) is 25.5. The Labute approximate surface area is 161 Å². The van der Waals surface area contributed by atoms with Crippen molar-refractivity contribution in [2.75, 3.05) is 12.1 Å². The molecule has 1 aromatic heterocycles. The third-order valence-corrected chi connectivity index (χ3v) is 5.99. The Hall–Kier alpha value is -2.80. The first kappa shape index (κ1) is 17.6. The number of fused-ring (bicyclic) bond motifs is 2. The van der Waals surface area contributed by atoms with E-state index >= 15 is 0 Å². The average Bonchev–Trinajstić information content (AvgIpc) is 3.22. The van der Waals surface area contributed by atoms with Gasteiger partial charge in [-0.2, -0.15) is 0 Å². The number of hydrogen-bond donors (Lipinski definition) is 2. The molecule has 2 amide bonds. The molecule has 27 heavy (non-hydrogen) atoms. The molecule has 0 spiro atoms. The van der Waals surface area contributed by atoms with Gasteiger partial charge in [0.15, 0.2) is 11.5 Å². The lowest BCUT2D eigenvalue weighted by Crippen LogP contribution is -2.18. The molecule has 3 N–H and O–H groups in total. The molecule has 140 valence electrons. The number of carbonyl (C=O) groups is 2. The predicted molar refractivity (Wildman–Crippen MR) is 104 cm³/mol. The summed E-state index contributed by atoms with van der Waals surface area (Å²) in [7, 11) is 0.